The van der Waals surface area contributed by atoms with E-state index in [1.807, 2.05) is 11.0 Å². The van der Waals surface area contributed by atoms with E-state index >= 15 is 0 Å². The Morgan fingerprint density at radius 1 is 1.19 bits per heavy atom. The topological polar surface area (TPSA) is 74.8 Å². The van der Waals surface area contributed by atoms with Crippen molar-refractivity contribution < 1.29 is 14.3 Å². The molecular weight excluding hydrogens is 368 g/mol. The molecule has 7 nitrogen and oxygen atoms in total. The lowest BCUT2D eigenvalue weighted by molar-refractivity contribution is 0.102. The maximum absolute atomic E-state index is 12.5. The first kappa shape index (κ1) is 19.0. The van der Waals surface area contributed by atoms with Crippen molar-refractivity contribution in [3.63, 3.8) is 0 Å². The van der Waals surface area contributed by atoms with Gasteiger partial charge in [-0.05, 0) is 31.2 Å². The first-order chi connectivity index (χ1) is 13.1. The highest BCUT2D eigenvalue weighted by Gasteiger charge is 2.23. The van der Waals surface area contributed by atoms with Crippen molar-refractivity contribution in [3.8, 4) is 0 Å². The molecule has 0 spiro atoms. The van der Waals surface area contributed by atoms with Crippen LogP contribution in [0, 0.1) is 0 Å². The van der Waals surface area contributed by atoms with Crippen molar-refractivity contribution in [2.24, 2.45) is 0 Å². The van der Waals surface area contributed by atoms with E-state index in [2.05, 4.69) is 10.3 Å². The highest BCUT2D eigenvalue weighted by atomic mass is 35.5. The number of ether oxygens (including phenoxy) is 1. The van der Waals surface area contributed by atoms with Gasteiger partial charge >= 0.3 is 6.09 Å². The fourth-order valence-electron chi connectivity index (χ4n) is 2.82. The van der Waals surface area contributed by atoms with Gasteiger partial charge in [0, 0.05) is 37.9 Å². The van der Waals surface area contributed by atoms with Crippen molar-refractivity contribution >= 4 is 35.1 Å². The molecule has 1 aromatic heterocycles. The van der Waals surface area contributed by atoms with Crippen molar-refractivity contribution in [3.05, 3.63) is 53.2 Å². The molecule has 1 aromatic carbocycles. The minimum absolute atomic E-state index is 0.253. The van der Waals surface area contributed by atoms with Gasteiger partial charge in [0.1, 0.15) is 5.82 Å². The molecule has 1 fully saturated rings. The molecule has 1 saturated heterocycles. The molecule has 0 saturated carbocycles. The number of benzene rings is 1. The number of anilines is 2. The Morgan fingerprint density at radius 2 is 1.93 bits per heavy atom. The van der Waals surface area contributed by atoms with E-state index in [-0.39, 0.29) is 12.0 Å². The van der Waals surface area contributed by atoms with Crippen LogP contribution < -0.4 is 10.2 Å². The van der Waals surface area contributed by atoms with Gasteiger partial charge in [-0.15, -0.1) is 0 Å². The number of hydrogen-bond donors (Lipinski definition) is 1. The standard InChI is InChI=1S/C19H21ClN4O3/c1-2-27-19(26)24-11-9-23(10-12-24)17-13-14(7-8-21-17)18(25)22-16-6-4-3-5-15(16)20/h3-8,13H,2,9-12H2,1H3,(H,22,25). The predicted octanol–water partition coefficient (Wildman–Crippen LogP) is 3.27. The first-order valence-corrected chi connectivity index (χ1v) is 9.15. The summed E-state index contributed by atoms with van der Waals surface area (Å²) in [5.74, 6) is 0.447. The molecule has 0 radical (unpaired) electrons. The Labute approximate surface area is 162 Å². The van der Waals surface area contributed by atoms with Gasteiger partial charge in [-0.25, -0.2) is 9.78 Å². The Morgan fingerprint density at radius 3 is 2.63 bits per heavy atom. The second-order valence-corrected chi connectivity index (χ2v) is 6.42. The third-order valence-electron chi connectivity index (χ3n) is 4.26. The Hall–Kier alpha value is -2.80. The quantitative estimate of drug-likeness (QED) is 0.870. The molecule has 3 rings (SSSR count). The molecule has 142 valence electrons. The van der Waals surface area contributed by atoms with Gasteiger partial charge in [0.2, 0.25) is 0 Å². The number of amides is 2. The zero-order chi connectivity index (χ0) is 19.2. The molecule has 2 aromatic rings. The number of carbonyl (C=O) groups is 2. The first-order valence-electron chi connectivity index (χ1n) is 8.77. The van der Waals surface area contributed by atoms with Crippen LogP contribution in [0.3, 0.4) is 0 Å². The average molecular weight is 389 g/mol. The van der Waals surface area contributed by atoms with Gasteiger partial charge in [0.25, 0.3) is 5.91 Å². The summed E-state index contributed by atoms with van der Waals surface area (Å²) in [5, 5.41) is 3.29. The van der Waals surface area contributed by atoms with Crippen molar-refractivity contribution in [1.82, 2.24) is 9.88 Å². The van der Waals surface area contributed by atoms with Crippen molar-refractivity contribution in [2.45, 2.75) is 6.92 Å². The largest absolute Gasteiger partial charge is 0.450 e. The van der Waals surface area contributed by atoms with Crippen LogP contribution in [-0.4, -0.2) is 54.7 Å². The van der Waals surface area contributed by atoms with E-state index in [0.717, 1.165) is 0 Å². The van der Waals surface area contributed by atoms with Crippen LogP contribution in [0.5, 0.6) is 0 Å². The summed E-state index contributed by atoms with van der Waals surface area (Å²) < 4.78 is 5.03. The average Bonchev–Trinajstić information content (AvgIpc) is 2.70. The summed E-state index contributed by atoms with van der Waals surface area (Å²) in [6.07, 6.45) is 1.31. The summed E-state index contributed by atoms with van der Waals surface area (Å²) in [6.45, 7) is 4.51. The fourth-order valence-corrected chi connectivity index (χ4v) is 3.01. The Kier molecular flexibility index (Phi) is 6.13. The molecule has 2 amide bonds. The second kappa shape index (κ2) is 8.73. The highest BCUT2D eigenvalue weighted by molar-refractivity contribution is 6.33. The number of hydrogen-bond acceptors (Lipinski definition) is 5. The van der Waals surface area contributed by atoms with Crippen molar-refractivity contribution in [1.29, 1.82) is 0 Å². The summed E-state index contributed by atoms with van der Waals surface area (Å²) in [6, 6.07) is 10.5. The lowest BCUT2D eigenvalue weighted by Gasteiger charge is -2.34. The minimum Gasteiger partial charge on any atom is -0.450 e. The van der Waals surface area contributed by atoms with Crippen LogP contribution in [0.4, 0.5) is 16.3 Å². The van der Waals surface area contributed by atoms with Crippen LogP contribution in [0.25, 0.3) is 0 Å². The van der Waals surface area contributed by atoms with Crippen LogP contribution in [0.2, 0.25) is 5.02 Å². The highest BCUT2D eigenvalue weighted by Crippen LogP contribution is 2.22. The zero-order valence-electron chi connectivity index (χ0n) is 15.0. The molecule has 2 heterocycles. The molecule has 0 atom stereocenters. The second-order valence-electron chi connectivity index (χ2n) is 6.01. The number of halogens is 1. The molecule has 0 unspecified atom stereocenters. The molecule has 27 heavy (non-hydrogen) atoms. The number of pyridine rings is 1. The molecular formula is C19H21ClN4O3. The van der Waals surface area contributed by atoms with Crippen LogP contribution in [0.15, 0.2) is 42.6 Å². The third kappa shape index (κ3) is 4.68. The number of aromatic nitrogens is 1. The maximum atomic E-state index is 12.5. The zero-order valence-corrected chi connectivity index (χ0v) is 15.8. The van der Waals surface area contributed by atoms with Crippen LogP contribution >= 0.6 is 11.6 Å². The van der Waals surface area contributed by atoms with Gasteiger partial charge in [-0.2, -0.15) is 0 Å². The minimum atomic E-state index is -0.294. The lowest BCUT2D eigenvalue weighted by Crippen LogP contribution is -2.49. The van der Waals surface area contributed by atoms with Gasteiger partial charge in [0.05, 0.1) is 17.3 Å². The Bertz CT molecular complexity index is 822. The van der Waals surface area contributed by atoms with Crippen molar-refractivity contribution in [2.75, 3.05) is 43.0 Å². The van der Waals surface area contributed by atoms with Gasteiger partial charge in [-0.1, -0.05) is 23.7 Å². The third-order valence-corrected chi connectivity index (χ3v) is 4.59. The van der Waals surface area contributed by atoms with Crippen LogP contribution in [-0.2, 0) is 4.74 Å². The predicted molar refractivity (Wildman–Crippen MR) is 104 cm³/mol. The normalized spacial score (nSPS) is 14.0. The van der Waals surface area contributed by atoms with Crippen LogP contribution in [0.1, 0.15) is 17.3 Å². The number of nitrogens with zero attached hydrogens (tertiary/aromatic N) is 3. The molecule has 1 N–H and O–H groups in total. The number of carbonyl (C=O) groups excluding carboxylic acids is 2. The Balaban J connectivity index is 1.65. The van der Waals surface area contributed by atoms with E-state index in [4.69, 9.17) is 16.3 Å². The SMILES string of the molecule is CCOC(=O)N1CCN(c2cc(C(=O)Nc3ccccc3Cl)ccn2)CC1. The molecule has 8 heteroatoms. The fraction of sp³-hybridized carbons (Fsp3) is 0.316. The van der Waals surface area contributed by atoms with Gasteiger partial charge < -0.3 is 19.9 Å². The van der Waals surface area contributed by atoms with E-state index < -0.39 is 0 Å². The van der Waals surface area contributed by atoms with E-state index in [9.17, 15) is 9.59 Å². The molecule has 0 bridgehead atoms. The molecule has 1 aliphatic heterocycles. The summed E-state index contributed by atoms with van der Waals surface area (Å²) in [4.78, 5) is 32.4. The lowest BCUT2D eigenvalue weighted by atomic mass is 10.2. The maximum Gasteiger partial charge on any atom is 0.409 e. The van der Waals surface area contributed by atoms with E-state index in [1.165, 1.54) is 0 Å². The van der Waals surface area contributed by atoms with E-state index in [1.54, 1.807) is 48.4 Å². The number of para-hydroxylation sites is 1. The van der Waals surface area contributed by atoms with Gasteiger partial charge in [0.15, 0.2) is 0 Å². The molecule has 0 aliphatic carbocycles. The number of rotatable bonds is 4. The summed E-state index contributed by atoms with van der Waals surface area (Å²) in [5.41, 5.74) is 1.05. The summed E-state index contributed by atoms with van der Waals surface area (Å²) in [7, 11) is 0. The number of nitrogens with one attached hydrogen (secondary N) is 1. The van der Waals surface area contributed by atoms with Gasteiger partial charge in [-0.3, -0.25) is 4.79 Å². The number of piperazine rings is 1. The smallest absolute Gasteiger partial charge is 0.409 e. The monoisotopic (exact) mass is 388 g/mol. The van der Waals surface area contributed by atoms with E-state index in [0.29, 0.717) is 54.9 Å². The summed E-state index contributed by atoms with van der Waals surface area (Å²) >= 11 is 6.09. The molecule has 1 aliphatic rings.